The summed E-state index contributed by atoms with van der Waals surface area (Å²) in [6.45, 7) is 7.76. The van der Waals surface area contributed by atoms with E-state index in [1.807, 2.05) is 11.8 Å². The summed E-state index contributed by atoms with van der Waals surface area (Å²) in [5.74, 6) is 0.215. The summed E-state index contributed by atoms with van der Waals surface area (Å²) in [5, 5.41) is 13.2. The molecule has 2 saturated heterocycles. The van der Waals surface area contributed by atoms with Crippen molar-refractivity contribution in [3.8, 4) is 0 Å². The third kappa shape index (κ3) is 3.93. The van der Waals surface area contributed by atoms with E-state index in [-0.39, 0.29) is 5.91 Å². The molecule has 0 radical (unpaired) electrons. The van der Waals surface area contributed by atoms with Crippen LogP contribution in [-0.2, 0) is 4.79 Å². The fourth-order valence-corrected chi connectivity index (χ4v) is 2.59. The molecular formula is C13H25N3O2. The molecule has 0 saturated carbocycles. The van der Waals surface area contributed by atoms with Crippen LogP contribution in [0.15, 0.2) is 0 Å². The van der Waals surface area contributed by atoms with Crippen LogP contribution in [0.25, 0.3) is 0 Å². The number of hydrogen-bond acceptors (Lipinski definition) is 4. The van der Waals surface area contributed by atoms with Gasteiger partial charge in [0.05, 0.1) is 12.1 Å². The van der Waals surface area contributed by atoms with Gasteiger partial charge in [-0.15, -0.1) is 0 Å². The van der Waals surface area contributed by atoms with E-state index < -0.39 is 5.60 Å². The summed E-state index contributed by atoms with van der Waals surface area (Å²) in [4.78, 5) is 16.3. The molecule has 2 heterocycles. The molecule has 2 N–H and O–H groups in total. The Kier molecular flexibility index (Phi) is 4.59. The highest BCUT2D eigenvalue weighted by Gasteiger charge is 2.29. The fourth-order valence-electron chi connectivity index (χ4n) is 2.59. The molecule has 2 fully saturated rings. The highest BCUT2D eigenvalue weighted by atomic mass is 16.3. The second kappa shape index (κ2) is 5.99. The van der Waals surface area contributed by atoms with E-state index in [4.69, 9.17) is 0 Å². The minimum absolute atomic E-state index is 0.215. The molecule has 0 aromatic carbocycles. The molecule has 0 aromatic heterocycles. The molecule has 2 rings (SSSR count). The second-order valence-electron chi connectivity index (χ2n) is 5.76. The van der Waals surface area contributed by atoms with Gasteiger partial charge in [-0.25, -0.2) is 0 Å². The normalized spacial score (nSPS) is 25.8. The van der Waals surface area contributed by atoms with Crippen LogP contribution in [0.5, 0.6) is 0 Å². The summed E-state index contributed by atoms with van der Waals surface area (Å²) >= 11 is 0. The lowest BCUT2D eigenvalue weighted by molar-refractivity contribution is -0.136. The molecule has 5 nitrogen and oxygen atoms in total. The van der Waals surface area contributed by atoms with E-state index >= 15 is 0 Å². The Morgan fingerprint density at radius 3 is 2.67 bits per heavy atom. The van der Waals surface area contributed by atoms with Gasteiger partial charge in [-0.05, 0) is 39.3 Å². The molecule has 2 aliphatic rings. The van der Waals surface area contributed by atoms with Gasteiger partial charge in [0.25, 0.3) is 0 Å². The maximum Gasteiger partial charge on any atom is 0.236 e. The van der Waals surface area contributed by atoms with E-state index in [0.29, 0.717) is 32.5 Å². The van der Waals surface area contributed by atoms with Crippen LogP contribution in [0.2, 0.25) is 0 Å². The molecule has 18 heavy (non-hydrogen) atoms. The number of likely N-dealkylation sites (tertiary alicyclic amines) is 1. The number of nitrogens with one attached hydrogen (secondary N) is 1. The van der Waals surface area contributed by atoms with Crippen molar-refractivity contribution < 1.29 is 9.90 Å². The molecule has 2 aliphatic heterocycles. The number of rotatable bonds is 2. The summed E-state index contributed by atoms with van der Waals surface area (Å²) in [6, 6.07) is 0. The lowest BCUT2D eigenvalue weighted by Crippen LogP contribution is -2.48. The number of nitrogens with zero attached hydrogens (tertiary/aromatic N) is 2. The zero-order valence-corrected chi connectivity index (χ0v) is 11.3. The standard InChI is InChI=1S/C13H25N3O2/c1-13(18)3-8-16(9-4-13)12(17)11-15-7-2-5-14-6-10-15/h14,18H,2-11H2,1H3. The zero-order chi connectivity index (χ0) is 13.0. The van der Waals surface area contributed by atoms with E-state index in [0.717, 1.165) is 32.6 Å². The van der Waals surface area contributed by atoms with Crippen LogP contribution in [0, 0.1) is 0 Å². The van der Waals surface area contributed by atoms with Crippen molar-refractivity contribution in [2.75, 3.05) is 45.8 Å². The molecule has 0 spiro atoms. The smallest absolute Gasteiger partial charge is 0.236 e. The van der Waals surface area contributed by atoms with Gasteiger partial charge >= 0.3 is 0 Å². The van der Waals surface area contributed by atoms with Crippen molar-refractivity contribution >= 4 is 5.91 Å². The van der Waals surface area contributed by atoms with Crippen LogP contribution in [0.3, 0.4) is 0 Å². The van der Waals surface area contributed by atoms with Crippen LogP contribution >= 0.6 is 0 Å². The summed E-state index contributed by atoms with van der Waals surface area (Å²) in [6.07, 6.45) is 2.50. The van der Waals surface area contributed by atoms with Gasteiger partial charge in [0.1, 0.15) is 0 Å². The molecule has 0 bridgehead atoms. The highest BCUT2D eigenvalue weighted by Crippen LogP contribution is 2.21. The van der Waals surface area contributed by atoms with E-state index in [1.165, 1.54) is 0 Å². The Balaban J connectivity index is 1.77. The predicted molar refractivity (Wildman–Crippen MR) is 70.4 cm³/mol. The third-order valence-electron chi connectivity index (χ3n) is 3.98. The first-order valence-electron chi connectivity index (χ1n) is 7.00. The average Bonchev–Trinajstić information content (AvgIpc) is 2.57. The van der Waals surface area contributed by atoms with Gasteiger partial charge in [0.2, 0.25) is 5.91 Å². The van der Waals surface area contributed by atoms with Crippen molar-refractivity contribution in [3.63, 3.8) is 0 Å². The SMILES string of the molecule is CC1(O)CCN(C(=O)CN2CCCNCC2)CC1. The Morgan fingerprint density at radius 2 is 1.94 bits per heavy atom. The molecular weight excluding hydrogens is 230 g/mol. The maximum absolute atomic E-state index is 12.2. The van der Waals surface area contributed by atoms with Gasteiger partial charge in [-0.3, -0.25) is 9.69 Å². The molecule has 5 heteroatoms. The predicted octanol–water partition coefficient (Wildman–Crippen LogP) is -0.345. The van der Waals surface area contributed by atoms with Gasteiger partial charge < -0.3 is 15.3 Å². The first kappa shape index (κ1) is 13.8. The summed E-state index contributed by atoms with van der Waals surface area (Å²) in [5.41, 5.74) is -0.580. The Hall–Kier alpha value is -0.650. The summed E-state index contributed by atoms with van der Waals surface area (Å²) in [7, 11) is 0. The Bertz CT molecular complexity index is 276. The van der Waals surface area contributed by atoms with Gasteiger partial charge in [0.15, 0.2) is 0 Å². The number of piperidine rings is 1. The molecule has 0 aliphatic carbocycles. The van der Waals surface area contributed by atoms with Crippen LogP contribution in [0.4, 0.5) is 0 Å². The number of carbonyl (C=O) groups is 1. The molecule has 0 aromatic rings. The van der Waals surface area contributed by atoms with E-state index in [9.17, 15) is 9.90 Å². The number of carbonyl (C=O) groups excluding carboxylic acids is 1. The van der Waals surface area contributed by atoms with Gasteiger partial charge in [-0.2, -0.15) is 0 Å². The first-order valence-corrected chi connectivity index (χ1v) is 7.00. The van der Waals surface area contributed by atoms with E-state index in [2.05, 4.69) is 10.2 Å². The van der Waals surface area contributed by atoms with E-state index in [1.54, 1.807) is 0 Å². The van der Waals surface area contributed by atoms with Crippen molar-refractivity contribution in [1.82, 2.24) is 15.1 Å². The first-order chi connectivity index (χ1) is 8.57. The van der Waals surface area contributed by atoms with Gasteiger partial charge in [0, 0.05) is 26.2 Å². The number of aliphatic hydroxyl groups is 1. The van der Waals surface area contributed by atoms with Crippen LogP contribution < -0.4 is 5.32 Å². The molecule has 0 unspecified atom stereocenters. The average molecular weight is 255 g/mol. The molecule has 0 atom stereocenters. The Labute approximate surface area is 109 Å². The lowest BCUT2D eigenvalue weighted by Gasteiger charge is -2.36. The number of amides is 1. The lowest BCUT2D eigenvalue weighted by atomic mass is 9.94. The molecule has 104 valence electrons. The van der Waals surface area contributed by atoms with Crippen molar-refractivity contribution in [1.29, 1.82) is 0 Å². The van der Waals surface area contributed by atoms with Crippen molar-refractivity contribution in [2.45, 2.75) is 31.8 Å². The zero-order valence-electron chi connectivity index (χ0n) is 11.3. The van der Waals surface area contributed by atoms with Gasteiger partial charge in [-0.1, -0.05) is 0 Å². The minimum Gasteiger partial charge on any atom is -0.390 e. The molecule has 1 amide bonds. The quantitative estimate of drug-likeness (QED) is 0.708. The fraction of sp³-hybridized carbons (Fsp3) is 0.923. The van der Waals surface area contributed by atoms with Crippen LogP contribution in [-0.4, -0.2) is 72.2 Å². The third-order valence-corrected chi connectivity index (χ3v) is 3.98. The van der Waals surface area contributed by atoms with Crippen molar-refractivity contribution in [2.24, 2.45) is 0 Å². The van der Waals surface area contributed by atoms with Crippen LogP contribution in [0.1, 0.15) is 26.2 Å². The summed E-state index contributed by atoms with van der Waals surface area (Å²) < 4.78 is 0. The topological polar surface area (TPSA) is 55.8 Å². The minimum atomic E-state index is -0.580. The second-order valence-corrected chi connectivity index (χ2v) is 5.76. The highest BCUT2D eigenvalue weighted by molar-refractivity contribution is 5.78. The monoisotopic (exact) mass is 255 g/mol. The maximum atomic E-state index is 12.2. The Morgan fingerprint density at radius 1 is 1.22 bits per heavy atom. The largest absolute Gasteiger partial charge is 0.390 e. The number of hydrogen-bond donors (Lipinski definition) is 2. The van der Waals surface area contributed by atoms with Crippen molar-refractivity contribution in [3.05, 3.63) is 0 Å².